The minimum absolute atomic E-state index is 0.225. The first kappa shape index (κ1) is 19.6. The maximum absolute atomic E-state index is 6.22. The molecule has 0 amide bonds. The smallest absolute Gasteiger partial charge is 0.163 e. The van der Waals surface area contributed by atoms with Gasteiger partial charge in [-0.25, -0.2) is 0 Å². The molecule has 1 aromatic carbocycles. The number of nitrogens with zero attached hydrogens (tertiary/aromatic N) is 4. The third-order valence-electron chi connectivity index (χ3n) is 5.61. The van der Waals surface area contributed by atoms with E-state index in [1.165, 1.54) is 5.56 Å². The van der Waals surface area contributed by atoms with E-state index in [-0.39, 0.29) is 6.10 Å². The van der Waals surface area contributed by atoms with Gasteiger partial charge in [-0.1, -0.05) is 17.7 Å². The van der Waals surface area contributed by atoms with Crippen LogP contribution in [0.5, 0.6) is 5.75 Å². The lowest BCUT2D eigenvalue weighted by atomic mass is 9.86. The molecular weight excluding hydrogens is 364 g/mol. The van der Waals surface area contributed by atoms with Crippen molar-refractivity contribution in [1.29, 1.82) is 0 Å². The average molecular weight is 393 g/mol. The Morgan fingerprint density at radius 1 is 1.00 bits per heavy atom. The Balaban J connectivity index is 1.51. The normalized spacial score (nSPS) is 19.3. The third-order valence-corrected chi connectivity index (χ3v) is 5.61. The van der Waals surface area contributed by atoms with Crippen LogP contribution in [-0.2, 0) is 11.3 Å². The highest BCUT2D eigenvalue weighted by Crippen LogP contribution is 2.35. The fraction of sp³-hybridized carbons (Fsp3) is 0.435. The third kappa shape index (κ3) is 4.32. The molecule has 4 rings (SSSR count). The van der Waals surface area contributed by atoms with E-state index in [4.69, 9.17) is 9.47 Å². The van der Waals surface area contributed by atoms with E-state index in [1.54, 1.807) is 13.3 Å². The van der Waals surface area contributed by atoms with Crippen molar-refractivity contribution in [2.24, 2.45) is 0 Å². The predicted molar refractivity (Wildman–Crippen MR) is 111 cm³/mol. The van der Waals surface area contributed by atoms with Gasteiger partial charge in [-0.15, -0.1) is 10.2 Å². The number of methoxy groups -OCH3 is 1. The van der Waals surface area contributed by atoms with E-state index >= 15 is 0 Å². The van der Waals surface area contributed by atoms with Gasteiger partial charge in [0.25, 0.3) is 0 Å². The van der Waals surface area contributed by atoms with Crippen molar-refractivity contribution in [1.82, 2.24) is 19.7 Å². The second-order valence-electron chi connectivity index (χ2n) is 7.76. The summed E-state index contributed by atoms with van der Waals surface area (Å²) in [6, 6.07) is 12.4. The zero-order chi connectivity index (χ0) is 20.2. The standard InChI is InChI=1S/C23H28N4O2/c1-16-6-10-19(11-7-16)27-22(15-28-3)25-26-23(27)18-8-12-20(13-9-18)29-21-5-4-14-24-17(21)2/h4-7,10-11,14,18,20H,8-9,12-13,15H2,1-3H3. The quantitative estimate of drug-likeness (QED) is 0.617. The van der Waals surface area contributed by atoms with Gasteiger partial charge in [0.05, 0.1) is 11.8 Å². The van der Waals surface area contributed by atoms with Crippen molar-refractivity contribution in [3.8, 4) is 11.4 Å². The summed E-state index contributed by atoms with van der Waals surface area (Å²) in [5.74, 6) is 3.12. The highest BCUT2D eigenvalue weighted by molar-refractivity contribution is 5.37. The Hall–Kier alpha value is -2.73. The van der Waals surface area contributed by atoms with Gasteiger partial charge in [0.2, 0.25) is 0 Å². The number of aryl methyl sites for hydroxylation is 2. The topological polar surface area (TPSA) is 62.1 Å². The molecule has 0 bridgehead atoms. The summed E-state index contributed by atoms with van der Waals surface area (Å²) >= 11 is 0. The fourth-order valence-corrected chi connectivity index (χ4v) is 4.00. The van der Waals surface area contributed by atoms with Crippen LogP contribution in [0.25, 0.3) is 5.69 Å². The van der Waals surface area contributed by atoms with Crippen LogP contribution in [0.1, 0.15) is 54.5 Å². The number of benzene rings is 1. The molecule has 1 fully saturated rings. The molecule has 0 saturated heterocycles. The molecule has 0 N–H and O–H groups in total. The molecule has 0 atom stereocenters. The minimum atomic E-state index is 0.225. The SMILES string of the molecule is COCc1nnc(C2CCC(Oc3cccnc3C)CC2)n1-c1ccc(C)cc1. The van der Waals surface area contributed by atoms with Gasteiger partial charge in [-0.05, 0) is 63.8 Å². The van der Waals surface area contributed by atoms with Gasteiger partial charge in [0, 0.05) is 24.9 Å². The van der Waals surface area contributed by atoms with Crippen molar-refractivity contribution in [3.63, 3.8) is 0 Å². The zero-order valence-corrected chi connectivity index (χ0v) is 17.3. The number of ether oxygens (including phenoxy) is 2. The van der Waals surface area contributed by atoms with Crippen molar-refractivity contribution in [2.45, 2.75) is 58.2 Å². The van der Waals surface area contributed by atoms with Crippen molar-refractivity contribution in [2.75, 3.05) is 7.11 Å². The highest BCUT2D eigenvalue weighted by atomic mass is 16.5. The Bertz CT molecular complexity index is 944. The van der Waals surface area contributed by atoms with Crippen molar-refractivity contribution < 1.29 is 9.47 Å². The molecule has 1 aliphatic carbocycles. The number of pyridine rings is 1. The van der Waals surface area contributed by atoms with E-state index in [0.29, 0.717) is 12.5 Å². The lowest BCUT2D eigenvalue weighted by molar-refractivity contribution is 0.143. The second kappa shape index (κ2) is 8.74. The molecule has 0 radical (unpaired) electrons. The summed E-state index contributed by atoms with van der Waals surface area (Å²) < 4.78 is 13.7. The van der Waals surface area contributed by atoms with Crippen LogP contribution in [0, 0.1) is 13.8 Å². The van der Waals surface area contributed by atoms with Crippen LogP contribution in [-0.4, -0.2) is 33.0 Å². The number of hydrogen-bond donors (Lipinski definition) is 0. The van der Waals surface area contributed by atoms with Gasteiger partial charge in [0.15, 0.2) is 5.82 Å². The van der Waals surface area contributed by atoms with E-state index in [1.807, 2.05) is 19.1 Å². The summed E-state index contributed by atoms with van der Waals surface area (Å²) in [4.78, 5) is 4.32. The highest BCUT2D eigenvalue weighted by Gasteiger charge is 2.29. The predicted octanol–water partition coefficient (Wildman–Crippen LogP) is 4.53. The first-order chi connectivity index (χ1) is 14.2. The molecule has 3 aromatic rings. The molecule has 0 aliphatic heterocycles. The van der Waals surface area contributed by atoms with Crippen LogP contribution in [0.2, 0.25) is 0 Å². The largest absolute Gasteiger partial charge is 0.489 e. The molecular formula is C23H28N4O2. The summed E-state index contributed by atoms with van der Waals surface area (Å²) in [6.45, 7) is 4.53. The molecule has 1 saturated carbocycles. The summed E-state index contributed by atoms with van der Waals surface area (Å²) in [5.41, 5.74) is 3.27. The first-order valence-electron chi connectivity index (χ1n) is 10.2. The molecule has 2 aromatic heterocycles. The minimum Gasteiger partial charge on any atom is -0.489 e. The Morgan fingerprint density at radius 2 is 1.76 bits per heavy atom. The van der Waals surface area contributed by atoms with E-state index in [2.05, 4.69) is 50.9 Å². The van der Waals surface area contributed by atoms with E-state index < -0.39 is 0 Å². The van der Waals surface area contributed by atoms with E-state index in [0.717, 1.165) is 54.5 Å². The first-order valence-corrected chi connectivity index (χ1v) is 10.2. The number of aromatic nitrogens is 4. The molecule has 0 spiro atoms. The van der Waals surface area contributed by atoms with Crippen molar-refractivity contribution >= 4 is 0 Å². The molecule has 6 nitrogen and oxygen atoms in total. The summed E-state index contributed by atoms with van der Waals surface area (Å²) in [7, 11) is 1.69. The second-order valence-corrected chi connectivity index (χ2v) is 7.76. The molecule has 1 aliphatic rings. The molecule has 0 unspecified atom stereocenters. The monoisotopic (exact) mass is 392 g/mol. The van der Waals surface area contributed by atoms with Crippen LogP contribution in [0.15, 0.2) is 42.6 Å². The Morgan fingerprint density at radius 3 is 2.45 bits per heavy atom. The zero-order valence-electron chi connectivity index (χ0n) is 17.3. The van der Waals surface area contributed by atoms with Crippen LogP contribution in [0.3, 0.4) is 0 Å². The van der Waals surface area contributed by atoms with Crippen LogP contribution < -0.4 is 4.74 Å². The maximum Gasteiger partial charge on any atom is 0.163 e. The lowest BCUT2D eigenvalue weighted by Gasteiger charge is -2.29. The maximum atomic E-state index is 6.22. The number of hydrogen-bond acceptors (Lipinski definition) is 5. The summed E-state index contributed by atoms with van der Waals surface area (Å²) in [6.07, 6.45) is 6.08. The van der Waals surface area contributed by atoms with Gasteiger partial charge >= 0.3 is 0 Å². The Kier molecular flexibility index (Phi) is 5.90. The van der Waals surface area contributed by atoms with Gasteiger partial charge in [-0.3, -0.25) is 9.55 Å². The van der Waals surface area contributed by atoms with Gasteiger partial charge in [-0.2, -0.15) is 0 Å². The van der Waals surface area contributed by atoms with Crippen LogP contribution >= 0.6 is 0 Å². The van der Waals surface area contributed by atoms with Gasteiger partial charge < -0.3 is 9.47 Å². The molecule has 29 heavy (non-hydrogen) atoms. The van der Waals surface area contributed by atoms with Crippen molar-refractivity contribution in [3.05, 3.63) is 65.5 Å². The van der Waals surface area contributed by atoms with Crippen LogP contribution in [0.4, 0.5) is 0 Å². The molecule has 152 valence electrons. The Labute approximate surface area is 171 Å². The number of rotatable bonds is 6. The van der Waals surface area contributed by atoms with Gasteiger partial charge in [0.1, 0.15) is 18.2 Å². The molecule has 2 heterocycles. The fourth-order valence-electron chi connectivity index (χ4n) is 4.00. The molecule has 6 heteroatoms. The van der Waals surface area contributed by atoms with E-state index in [9.17, 15) is 0 Å². The average Bonchev–Trinajstić information content (AvgIpc) is 3.15. The lowest BCUT2D eigenvalue weighted by Crippen LogP contribution is -2.25. The summed E-state index contributed by atoms with van der Waals surface area (Å²) in [5, 5.41) is 8.99.